The van der Waals surface area contributed by atoms with Gasteiger partial charge in [-0.1, -0.05) is 6.92 Å². The Morgan fingerprint density at radius 2 is 2.05 bits per heavy atom. The first-order valence-corrected chi connectivity index (χ1v) is 7.00. The Morgan fingerprint density at radius 3 is 2.58 bits per heavy atom. The second-order valence-electron chi connectivity index (χ2n) is 4.84. The molecule has 1 aromatic rings. The second kappa shape index (κ2) is 6.14. The van der Waals surface area contributed by atoms with Gasteiger partial charge in [0, 0.05) is 0 Å². The largest absolute Gasteiger partial charge is 0.467 e. The van der Waals surface area contributed by atoms with E-state index in [9.17, 15) is 9.59 Å². The molecule has 0 aromatic carbocycles. The molecule has 5 nitrogen and oxygen atoms in total. The molecular formula is C13H20N2O3S. The topological polar surface area (TPSA) is 68.3 Å². The highest BCUT2D eigenvalue weighted by molar-refractivity contribution is 7.13. The summed E-state index contributed by atoms with van der Waals surface area (Å²) in [7, 11) is 1.30. The molecule has 0 unspecified atom stereocenters. The molecule has 19 heavy (non-hydrogen) atoms. The summed E-state index contributed by atoms with van der Waals surface area (Å²) in [6.07, 6.45) is 1.85. The number of methoxy groups -OCH3 is 1. The molecule has 1 heterocycles. The molecule has 0 aliphatic heterocycles. The van der Waals surface area contributed by atoms with Crippen LogP contribution in [0, 0.1) is 6.92 Å². The van der Waals surface area contributed by atoms with Crippen molar-refractivity contribution in [2.24, 2.45) is 0 Å². The Kier molecular flexibility index (Phi) is 5.05. The van der Waals surface area contributed by atoms with Gasteiger partial charge in [-0.15, -0.1) is 11.3 Å². The van der Waals surface area contributed by atoms with E-state index in [1.54, 1.807) is 20.8 Å². The molecule has 0 radical (unpaired) electrons. The number of aromatic nitrogens is 1. The average molecular weight is 284 g/mol. The minimum absolute atomic E-state index is 0.284. The summed E-state index contributed by atoms with van der Waals surface area (Å²) in [6.45, 7) is 7.09. The van der Waals surface area contributed by atoms with E-state index >= 15 is 0 Å². The predicted octanol–water partition coefficient (Wildman–Crippen LogP) is 2.09. The van der Waals surface area contributed by atoms with Crippen molar-refractivity contribution >= 4 is 23.2 Å². The molecule has 0 aliphatic rings. The van der Waals surface area contributed by atoms with Crippen molar-refractivity contribution in [3.63, 3.8) is 0 Å². The van der Waals surface area contributed by atoms with Crippen molar-refractivity contribution in [3.8, 4) is 0 Å². The van der Waals surface area contributed by atoms with E-state index in [1.165, 1.54) is 18.4 Å². The summed E-state index contributed by atoms with van der Waals surface area (Å²) >= 11 is 1.38. The van der Waals surface area contributed by atoms with Crippen LogP contribution in [0.15, 0.2) is 0 Å². The lowest BCUT2D eigenvalue weighted by Gasteiger charge is -2.22. The highest BCUT2D eigenvalue weighted by atomic mass is 32.1. The zero-order valence-corrected chi connectivity index (χ0v) is 12.8. The minimum atomic E-state index is -1.05. The first-order chi connectivity index (χ1) is 8.81. The van der Waals surface area contributed by atoms with E-state index in [-0.39, 0.29) is 5.91 Å². The Bertz CT molecular complexity index is 480. The van der Waals surface area contributed by atoms with Gasteiger partial charge in [-0.2, -0.15) is 0 Å². The van der Waals surface area contributed by atoms with Crippen LogP contribution in [0.4, 0.5) is 0 Å². The maximum Gasteiger partial charge on any atom is 0.330 e. The van der Waals surface area contributed by atoms with Gasteiger partial charge in [-0.3, -0.25) is 4.79 Å². The number of hydrogen-bond acceptors (Lipinski definition) is 5. The number of nitrogens with one attached hydrogen (secondary N) is 1. The van der Waals surface area contributed by atoms with E-state index in [4.69, 9.17) is 0 Å². The Morgan fingerprint density at radius 1 is 1.42 bits per heavy atom. The number of aryl methyl sites for hydroxylation is 2. The van der Waals surface area contributed by atoms with Crippen molar-refractivity contribution in [1.82, 2.24) is 10.3 Å². The number of carbonyl (C=O) groups is 2. The quantitative estimate of drug-likeness (QED) is 0.841. The highest BCUT2D eigenvalue weighted by Gasteiger charge is 2.31. The normalized spacial score (nSPS) is 11.2. The molecule has 1 aromatic heterocycles. The molecule has 0 bridgehead atoms. The molecular weight excluding hydrogens is 264 g/mol. The van der Waals surface area contributed by atoms with Crippen molar-refractivity contribution in [2.75, 3.05) is 7.11 Å². The van der Waals surface area contributed by atoms with Gasteiger partial charge in [-0.05, 0) is 33.6 Å². The number of amides is 1. The van der Waals surface area contributed by atoms with Gasteiger partial charge in [0.1, 0.15) is 10.4 Å². The average Bonchev–Trinajstić information content (AvgIpc) is 2.69. The zero-order chi connectivity index (χ0) is 14.6. The molecule has 106 valence electrons. The van der Waals surface area contributed by atoms with E-state index in [0.29, 0.717) is 10.6 Å². The Balaban J connectivity index is 2.86. The van der Waals surface area contributed by atoms with Gasteiger partial charge in [0.2, 0.25) is 0 Å². The van der Waals surface area contributed by atoms with E-state index in [1.807, 2.05) is 0 Å². The zero-order valence-electron chi connectivity index (χ0n) is 12.0. The van der Waals surface area contributed by atoms with Crippen molar-refractivity contribution in [3.05, 3.63) is 15.6 Å². The molecule has 0 saturated carbocycles. The predicted molar refractivity (Wildman–Crippen MR) is 74.4 cm³/mol. The Hall–Kier alpha value is -1.43. The molecule has 0 atom stereocenters. The van der Waals surface area contributed by atoms with Crippen molar-refractivity contribution in [2.45, 2.75) is 46.1 Å². The number of thiazole rings is 1. The number of rotatable bonds is 5. The summed E-state index contributed by atoms with van der Waals surface area (Å²) in [5.41, 5.74) is -0.348. The monoisotopic (exact) mass is 284 g/mol. The maximum absolute atomic E-state index is 12.2. The first-order valence-electron chi connectivity index (χ1n) is 6.19. The number of carbonyl (C=O) groups excluding carboxylic acids is 2. The number of ether oxygens (including phenoxy) is 1. The minimum Gasteiger partial charge on any atom is -0.467 e. The first kappa shape index (κ1) is 15.6. The van der Waals surface area contributed by atoms with Crippen LogP contribution in [0.5, 0.6) is 0 Å². The van der Waals surface area contributed by atoms with Crippen LogP contribution in [0.3, 0.4) is 0 Å². The van der Waals surface area contributed by atoms with Gasteiger partial charge in [-0.25, -0.2) is 9.78 Å². The van der Waals surface area contributed by atoms with Crippen molar-refractivity contribution in [1.29, 1.82) is 0 Å². The molecule has 1 rings (SSSR count). The third kappa shape index (κ3) is 3.76. The fourth-order valence-corrected chi connectivity index (χ4v) is 2.69. The summed E-state index contributed by atoms with van der Waals surface area (Å²) in [6, 6.07) is 0. The Labute approximate surface area is 117 Å². The van der Waals surface area contributed by atoms with Crippen LogP contribution in [0.2, 0.25) is 0 Å². The highest BCUT2D eigenvalue weighted by Crippen LogP contribution is 2.20. The maximum atomic E-state index is 12.2. The summed E-state index contributed by atoms with van der Waals surface area (Å²) in [5, 5.41) is 3.62. The fraction of sp³-hybridized carbons (Fsp3) is 0.615. The van der Waals surface area contributed by atoms with Crippen molar-refractivity contribution < 1.29 is 14.3 Å². The van der Waals surface area contributed by atoms with Crippen LogP contribution in [0.25, 0.3) is 0 Å². The smallest absolute Gasteiger partial charge is 0.330 e. The third-order valence-electron chi connectivity index (χ3n) is 2.63. The lowest BCUT2D eigenvalue weighted by Crippen LogP contribution is -2.50. The molecule has 0 fully saturated rings. The van der Waals surface area contributed by atoms with Crippen LogP contribution < -0.4 is 5.32 Å². The van der Waals surface area contributed by atoms with Gasteiger partial charge in [0.25, 0.3) is 5.91 Å². The van der Waals surface area contributed by atoms with Gasteiger partial charge in [0.05, 0.1) is 17.8 Å². The van der Waals surface area contributed by atoms with Gasteiger partial charge >= 0.3 is 5.97 Å². The summed E-state index contributed by atoms with van der Waals surface area (Å²) < 4.78 is 4.66. The lowest BCUT2D eigenvalue weighted by atomic mass is 10.1. The van der Waals surface area contributed by atoms with Crippen LogP contribution in [-0.4, -0.2) is 29.5 Å². The van der Waals surface area contributed by atoms with Crippen LogP contribution >= 0.6 is 11.3 Å². The SMILES string of the molecule is CCCc1nc(C)c(C(=O)NC(C)(C)C(=O)OC)s1. The van der Waals surface area contributed by atoms with E-state index in [0.717, 1.165) is 17.8 Å². The van der Waals surface area contributed by atoms with Gasteiger partial charge in [0.15, 0.2) is 0 Å². The van der Waals surface area contributed by atoms with E-state index < -0.39 is 11.5 Å². The molecule has 0 aliphatic carbocycles. The number of hydrogen-bond donors (Lipinski definition) is 1. The summed E-state index contributed by atoms with van der Waals surface area (Å²) in [5.74, 6) is -0.760. The van der Waals surface area contributed by atoms with Crippen LogP contribution in [0.1, 0.15) is 47.6 Å². The lowest BCUT2D eigenvalue weighted by molar-refractivity contribution is -0.146. The molecule has 0 saturated heterocycles. The number of nitrogens with zero attached hydrogens (tertiary/aromatic N) is 1. The molecule has 0 spiro atoms. The van der Waals surface area contributed by atoms with Gasteiger partial charge < -0.3 is 10.1 Å². The fourth-order valence-electron chi connectivity index (χ4n) is 1.63. The standard InChI is InChI=1S/C13H20N2O3S/c1-6-7-9-14-8(2)10(19-9)11(16)15-13(3,4)12(17)18-5/h6-7H2,1-5H3,(H,15,16). The van der Waals surface area contributed by atoms with Crippen LogP contribution in [-0.2, 0) is 16.0 Å². The third-order valence-corrected chi connectivity index (χ3v) is 3.85. The second-order valence-corrected chi connectivity index (χ2v) is 5.93. The number of esters is 1. The molecule has 1 amide bonds. The summed E-state index contributed by atoms with van der Waals surface area (Å²) in [4.78, 5) is 28.6. The molecule has 6 heteroatoms. The molecule has 1 N–H and O–H groups in total. The van der Waals surface area contributed by atoms with E-state index in [2.05, 4.69) is 22.0 Å².